The molecule has 1 aliphatic carbocycles. The first-order valence-corrected chi connectivity index (χ1v) is 11.0. The van der Waals surface area contributed by atoms with Gasteiger partial charge in [-0.3, -0.25) is 4.79 Å². The standard InChI is InChI=1S/C22H23BrN2OS/c1-5-10-22(13-24)19(14-6-8-15(23)9-7-14)18-16(25-20(22)27-4)11-21(2,3)12-17(18)26/h5-9,19H,1,10-12H2,2-4H3/t19-,22+/m1/s1. The second-order valence-electron chi connectivity index (χ2n) is 7.98. The quantitative estimate of drug-likeness (QED) is 0.536. The molecule has 1 aromatic rings. The van der Waals surface area contributed by atoms with Crippen molar-refractivity contribution in [2.75, 3.05) is 6.26 Å². The maximum atomic E-state index is 13.2. The maximum Gasteiger partial charge on any atom is 0.161 e. The zero-order valence-electron chi connectivity index (χ0n) is 15.9. The molecule has 0 radical (unpaired) electrons. The van der Waals surface area contributed by atoms with E-state index in [-0.39, 0.29) is 17.1 Å². The van der Waals surface area contributed by atoms with E-state index in [0.717, 1.165) is 32.8 Å². The summed E-state index contributed by atoms with van der Waals surface area (Å²) < 4.78 is 0.970. The molecule has 2 aliphatic rings. The van der Waals surface area contributed by atoms with Crippen molar-refractivity contribution in [1.29, 1.82) is 5.26 Å². The van der Waals surface area contributed by atoms with Gasteiger partial charge in [0.25, 0.3) is 0 Å². The molecule has 0 spiro atoms. The second-order valence-corrected chi connectivity index (χ2v) is 9.69. The van der Waals surface area contributed by atoms with Crippen molar-refractivity contribution in [1.82, 2.24) is 0 Å². The summed E-state index contributed by atoms with van der Waals surface area (Å²) >= 11 is 4.98. The SMILES string of the molecule is C=CC[C@@]1(C#N)C(SC)=NC2=C(C(=O)CC(C)(C)C2)[C@H]1c1ccc(Br)cc1. The van der Waals surface area contributed by atoms with Crippen LogP contribution in [-0.4, -0.2) is 17.1 Å². The van der Waals surface area contributed by atoms with Gasteiger partial charge in [-0.2, -0.15) is 5.26 Å². The van der Waals surface area contributed by atoms with Gasteiger partial charge in [-0.15, -0.1) is 18.3 Å². The second kappa shape index (κ2) is 7.41. The number of allylic oxidation sites excluding steroid dienone is 3. The van der Waals surface area contributed by atoms with E-state index in [1.54, 1.807) is 6.08 Å². The highest BCUT2D eigenvalue weighted by Crippen LogP contribution is 2.55. The molecule has 0 amide bonds. The Balaban J connectivity index is 2.31. The van der Waals surface area contributed by atoms with Gasteiger partial charge >= 0.3 is 0 Å². The fraction of sp³-hybridized carbons (Fsp3) is 0.409. The minimum Gasteiger partial charge on any atom is -0.294 e. The molecule has 0 unspecified atom stereocenters. The lowest BCUT2D eigenvalue weighted by atomic mass is 9.61. The average molecular weight is 443 g/mol. The molecule has 3 rings (SSSR count). The molecule has 0 N–H and O–H groups in total. The Morgan fingerprint density at radius 1 is 1.37 bits per heavy atom. The fourth-order valence-corrected chi connectivity index (χ4v) is 5.32. The number of aliphatic imine (C=N–C) groups is 1. The van der Waals surface area contributed by atoms with Gasteiger partial charge in [0.1, 0.15) is 5.41 Å². The maximum absolute atomic E-state index is 13.2. The van der Waals surface area contributed by atoms with Crippen LogP contribution in [0.1, 0.15) is 44.6 Å². The van der Waals surface area contributed by atoms with Gasteiger partial charge in [0, 0.05) is 28.1 Å². The summed E-state index contributed by atoms with van der Waals surface area (Å²) in [6, 6.07) is 10.5. The summed E-state index contributed by atoms with van der Waals surface area (Å²) in [5.41, 5.74) is 1.54. The zero-order valence-corrected chi connectivity index (χ0v) is 18.3. The Labute approximate surface area is 173 Å². The Morgan fingerprint density at radius 2 is 2.04 bits per heavy atom. The van der Waals surface area contributed by atoms with Crippen molar-refractivity contribution in [2.24, 2.45) is 15.8 Å². The Morgan fingerprint density at radius 3 is 2.59 bits per heavy atom. The predicted octanol–water partition coefficient (Wildman–Crippen LogP) is 6.04. The number of halogens is 1. The molecule has 3 nitrogen and oxygen atoms in total. The molecular formula is C22H23BrN2OS. The van der Waals surface area contributed by atoms with Crippen LogP contribution in [0.5, 0.6) is 0 Å². The smallest absolute Gasteiger partial charge is 0.161 e. The minimum absolute atomic E-state index is 0.113. The van der Waals surface area contributed by atoms with E-state index in [1.165, 1.54) is 11.8 Å². The van der Waals surface area contributed by atoms with Crippen molar-refractivity contribution >= 4 is 38.5 Å². The van der Waals surface area contributed by atoms with Crippen LogP contribution in [-0.2, 0) is 4.79 Å². The van der Waals surface area contributed by atoms with E-state index in [0.29, 0.717) is 12.8 Å². The van der Waals surface area contributed by atoms with Crippen LogP contribution >= 0.6 is 27.7 Å². The van der Waals surface area contributed by atoms with Gasteiger partial charge in [0.2, 0.25) is 0 Å². The van der Waals surface area contributed by atoms with Crippen LogP contribution in [0.3, 0.4) is 0 Å². The van der Waals surface area contributed by atoms with Gasteiger partial charge in [-0.1, -0.05) is 48.0 Å². The van der Waals surface area contributed by atoms with Gasteiger partial charge in [0.15, 0.2) is 5.78 Å². The molecule has 2 atom stereocenters. The normalized spacial score (nSPS) is 26.9. The van der Waals surface area contributed by atoms with E-state index in [2.05, 4.69) is 42.4 Å². The van der Waals surface area contributed by atoms with Crippen molar-refractivity contribution in [3.05, 3.63) is 58.2 Å². The van der Waals surface area contributed by atoms with Crippen molar-refractivity contribution in [3.63, 3.8) is 0 Å². The first-order chi connectivity index (χ1) is 12.8. The largest absolute Gasteiger partial charge is 0.294 e. The van der Waals surface area contributed by atoms with Crippen LogP contribution < -0.4 is 0 Å². The highest BCUT2D eigenvalue weighted by atomic mass is 79.9. The molecule has 1 heterocycles. The molecule has 0 saturated heterocycles. The molecule has 27 heavy (non-hydrogen) atoms. The number of rotatable bonds is 3. The average Bonchev–Trinajstić information content (AvgIpc) is 2.61. The molecule has 1 aliphatic heterocycles. The number of thioether (sulfide) groups is 1. The van der Waals surface area contributed by atoms with Crippen LogP contribution in [0.2, 0.25) is 0 Å². The Hall–Kier alpha value is -1.64. The summed E-state index contributed by atoms with van der Waals surface area (Å²) in [5, 5.41) is 11.1. The lowest BCUT2D eigenvalue weighted by molar-refractivity contribution is -0.118. The molecule has 0 fully saturated rings. The Kier molecular flexibility index (Phi) is 5.52. The van der Waals surface area contributed by atoms with E-state index >= 15 is 0 Å². The third kappa shape index (κ3) is 3.46. The first kappa shape index (κ1) is 20.1. The number of hydrogen-bond acceptors (Lipinski definition) is 4. The predicted molar refractivity (Wildman–Crippen MR) is 116 cm³/mol. The number of carbonyl (C=O) groups is 1. The summed E-state index contributed by atoms with van der Waals surface area (Å²) in [7, 11) is 0. The monoisotopic (exact) mass is 442 g/mol. The summed E-state index contributed by atoms with van der Waals surface area (Å²) in [5.74, 6) is -0.214. The van der Waals surface area contributed by atoms with Crippen LogP contribution in [0.15, 0.2) is 57.7 Å². The van der Waals surface area contributed by atoms with Gasteiger partial charge in [0.05, 0.1) is 11.1 Å². The molecule has 5 heteroatoms. The third-order valence-corrected chi connectivity index (χ3v) is 6.73. The molecule has 0 bridgehead atoms. The number of ketones is 1. The first-order valence-electron chi connectivity index (χ1n) is 8.95. The van der Waals surface area contributed by atoms with E-state index in [4.69, 9.17) is 4.99 Å². The lowest BCUT2D eigenvalue weighted by Gasteiger charge is -2.43. The highest BCUT2D eigenvalue weighted by Gasteiger charge is 2.52. The van der Waals surface area contributed by atoms with Crippen LogP contribution in [0.4, 0.5) is 0 Å². The van der Waals surface area contributed by atoms with E-state index < -0.39 is 5.41 Å². The number of nitriles is 1. The zero-order chi connectivity index (χ0) is 19.8. The lowest BCUT2D eigenvalue weighted by Crippen LogP contribution is -2.42. The van der Waals surface area contributed by atoms with Gasteiger partial charge in [-0.05, 0) is 42.2 Å². The Bertz CT molecular complexity index is 892. The van der Waals surface area contributed by atoms with E-state index in [9.17, 15) is 10.1 Å². The fourth-order valence-electron chi connectivity index (χ4n) is 4.25. The third-order valence-electron chi connectivity index (χ3n) is 5.36. The number of benzene rings is 1. The van der Waals surface area contributed by atoms with Gasteiger partial charge in [-0.25, -0.2) is 4.99 Å². The number of hydrogen-bond donors (Lipinski definition) is 0. The topological polar surface area (TPSA) is 53.2 Å². The van der Waals surface area contributed by atoms with Crippen LogP contribution in [0.25, 0.3) is 0 Å². The molecule has 1 aromatic carbocycles. The summed E-state index contributed by atoms with van der Waals surface area (Å²) in [6.07, 6.45) is 5.41. The van der Waals surface area contributed by atoms with Crippen LogP contribution in [0, 0.1) is 22.2 Å². The van der Waals surface area contributed by atoms with E-state index in [1.807, 2.05) is 30.5 Å². The highest BCUT2D eigenvalue weighted by molar-refractivity contribution is 9.10. The van der Waals surface area contributed by atoms with Gasteiger partial charge < -0.3 is 0 Å². The number of Topliss-reactive ketones (excluding diaryl/α,β-unsaturated/α-hetero) is 1. The minimum atomic E-state index is -0.898. The van der Waals surface area contributed by atoms with Crippen molar-refractivity contribution in [2.45, 2.75) is 39.0 Å². The summed E-state index contributed by atoms with van der Waals surface area (Å²) in [6.45, 7) is 8.09. The van der Waals surface area contributed by atoms with Crippen molar-refractivity contribution < 1.29 is 4.79 Å². The molecule has 140 valence electrons. The molecular weight excluding hydrogens is 420 g/mol. The summed E-state index contributed by atoms with van der Waals surface area (Å²) in [4.78, 5) is 18.1. The molecule has 0 saturated carbocycles. The number of nitrogens with zero attached hydrogens (tertiary/aromatic N) is 2. The molecule has 0 aromatic heterocycles. The number of carbonyl (C=O) groups excluding carboxylic acids is 1. The van der Waals surface area contributed by atoms with Crippen molar-refractivity contribution in [3.8, 4) is 6.07 Å².